The van der Waals surface area contributed by atoms with Gasteiger partial charge in [-0.15, -0.1) is 0 Å². The largest absolute Gasteiger partial charge is 0.462 e. The van der Waals surface area contributed by atoms with E-state index in [1.54, 1.807) is 37.6 Å². The van der Waals surface area contributed by atoms with Crippen LogP contribution in [0.1, 0.15) is 32.6 Å². The Hall–Kier alpha value is -2.71. The Labute approximate surface area is 163 Å². The van der Waals surface area contributed by atoms with E-state index < -0.39 is 17.3 Å². The lowest BCUT2D eigenvalue weighted by Crippen LogP contribution is -2.23. The second-order valence-electron chi connectivity index (χ2n) is 5.75. The molecule has 9 heteroatoms. The zero-order valence-electron chi connectivity index (χ0n) is 14.8. The summed E-state index contributed by atoms with van der Waals surface area (Å²) in [5.74, 6) is -1.11. The normalized spacial score (nSPS) is 10.8. The average Bonchev–Trinajstić information content (AvgIpc) is 2.98. The number of aryl methyl sites for hydroxylation is 2. The molecule has 0 aliphatic carbocycles. The number of carbonyl (C=O) groups is 2. The number of halogens is 1. The Morgan fingerprint density at radius 2 is 2.11 bits per heavy atom. The van der Waals surface area contributed by atoms with Gasteiger partial charge in [-0.3, -0.25) is 14.9 Å². The van der Waals surface area contributed by atoms with Gasteiger partial charge in [-0.1, -0.05) is 22.9 Å². The van der Waals surface area contributed by atoms with Crippen molar-refractivity contribution in [3.8, 4) is 0 Å². The zero-order chi connectivity index (χ0) is 19.7. The van der Waals surface area contributed by atoms with Crippen LogP contribution in [0.3, 0.4) is 0 Å². The van der Waals surface area contributed by atoms with Crippen LogP contribution in [-0.2, 0) is 11.8 Å². The lowest BCUT2D eigenvalue weighted by Gasteiger charge is -2.09. The number of pyridine rings is 1. The lowest BCUT2D eigenvalue weighted by molar-refractivity contribution is 0.0531. The first-order chi connectivity index (χ1) is 12.8. The predicted octanol–water partition coefficient (Wildman–Crippen LogP) is 3.39. The van der Waals surface area contributed by atoms with E-state index in [1.807, 2.05) is 0 Å². The molecule has 2 heterocycles. The van der Waals surface area contributed by atoms with E-state index in [-0.39, 0.29) is 17.3 Å². The standard InChI is InChI=1S/C18H16ClN3O4S/c1-4-26-17(25)15-9(2)20-18(27-15)21-16(24)12-8-22(3)13-6-5-10(19)7-11(13)14(12)23/h5-8H,4H2,1-3H3,(H,20,21,24). The van der Waals surface area contributed by atoms with Crippen LogP contribution in [0.5, 0.6) is 0 Å². The molecule has 1 N–H and O–H groups in total. The molecule has 1 aromatic carbocycles. The highest BCUT2D eigenvalue weighted by Crippen LogP contribution is 2.24. The molecule has 0 aliphatic heterocycles. The molecule has 140 valence electrons. The number of carbonyl (C=O) groups excluding carboxylic acids is 2. The van der Waals surface area contributed by atoms with Gasteiger partial charge in [-0.25, -0.2) is 9.78 Å². The fraction of sp³-hybridized carbons (Fsp3) is 0.222. The molecule has 0 saturated heterocycles. The van der Waals surface area contributed by atoms with Gasteiger partial charge in [0.1, 0.15) is 10.4 Å². The van der Waals surface area contributed by atoms with Gasteiger partial charge in [0, 0.05) is 23.7 Å². The average molecular weight is 406 g/mol. The van der Waals surface area contributed by atoms with Gasteiger partial charge in [0.25, 0.3) is 5.91 Å². The van der Waals surface area contributed by atoms with Crippen LogP contribution in [0.15, 0.2) is 29.2 Å². The zero-order valence-corrected chi connectivity index (χ0v) is 16.4. The molecule has 7 nitrogen and oxygen atoms in total. The molecular formula is C18H16ClN3O4S. The lowest BCUT2D eigenvalue weighted by atomic mass is 10.1. The Bertz CT molecular complexity index is 1120. The van der Waals surface area contributed by atoms with Crippen LogP contribution in [0.4, 0.5) is 5.13 Å². The molecule has 27 heavy (non-hydrogen) atoms. The molecule has 2 aromatic heterocycles. The van der Waals surface area contributed by atoms with Gasteiger partial charge in [0.15, 0.2) is 5.13 Å². The van der Waals surface area contributed by atoms with E-state index in [9.17, 15) is 14.4 Å². The molecule has 0 fully saturated rings. The van der Waals surface area contributed by atoms with Crippen molar-refractivity contribution >= 4 is 50.8 Å². The molecule has 0 atom stereocenters. The fourth-order valence-corrected chi connectivity index (χ4v) is 3.65. The number of rotatable bonds is 4. The summed E-state index contributed by atoms with van der Waals surface area (Å²) in [6, 6.07) is 4.93. The second-order valence-corrected chi connectivity index (χ2v) is 7.19. The Kier molecular flexibility index (Phi) is 5.29. The van der Waals surface area contributed by atoms with Crippen molar-refractivity contribution in [2.45, 2.75) is 13.8 Å². The van der Waals surface area contributed by atoms with E-state index in [4.69, 9.17) is 16.3 Å². The summed E-state index contributed by atoms with van der Waals surface area (Å²) in [7, 11) is 1.73. The minimum Gasteiger partial charge on any atom is -0.462 e. The van der Waals surface area contributed by atoms with Crippen LogP contribution in [0, 0.1) is 6.92 Å². The second kappa shape index (κ2) is 7.50. The van der Waals surface area contributed by atoms with E-state index in [2.05, 4.69) is 10.3 Å². The van der Waals surface area contributed by atoms with Crippen LogP contribution in [0.2, 0.25) is 5.02 Å². The molecule has 3 aromatic rings. The van der Waals surface area contributed by atoms with Crippen LogP contribution >= 0.6 is 22.9 Å². The Morgan fingerprint density at radius 3 is 2.81 bits per heavy atom. The molecule has 0 spiro atoms. The summed E-state index contributed by atoms with van der Waals surface area (Å²) < 4.78 is 6.64. The van der Waals surface area contributed by atoms with Crippen molar-refractivity contribution in [1.82, 2.24) is 9.55 Å². The van der Waals surface area contributed by atoms with Crippen molar-refractivity contribution in [1.29, 1.82) is 0 Å². The van der Waals surface area contributed by atoms with Gasteiger partial charge >= 0.3 is 5.97 Å². The Balaban J connectivity index is 1.96. The van der Waals surface area contributed by atoms with Gasteiger partial charge in [0.05, 0.1) is 17.8 Å². The quantitative estimate of drug-likeness (QED) is 0.672. The smallest absolute Gasteiger partial charge is 0.350 e. The molecular weight excluding hydrogens is 390 g/mol. The van der Waals surface area contributed by atoms with Crippen LogP contribution < -0.4 is 10.7 Å². The summed E-state index contributed by atoms with van der Waals surface area (Å²) in [6.45, 7) is 3.60. The van der Waals surface area contributed by atoms with E-state index in [0.717, 1.165) is 11.3 Å². The number of hydrogen-bond donors (Lipinski definition) is 1. The van der Waals surface area contributed by atoms with E-state index >= 15 is 0 Å². The minimum absolute atomic E-state index is 0.0437. The maximum atomic E-state index is 12.7. The highest BCUT2D eigenvalue weighted by Gasteiger charge is 2.20. The number of esters is 1. The van der Waals surface area contributed by atoms with Gasteiger partial charge < -0.3 is 9.30 Å². The number of benzene rings is 1. The fourth-order valence-electron chi connectivity index (χ4n) is 2.63. The van der Waals surface area contributed by atoms with E-state index in [0.29, 0.717) is 26.5 Å². The third-order valence-electron chi connectivity index (χ3n) is 3.87. The number of aromatic nitrogens is 2. The molecule has 3 rings (SSSR count). The monoisotopic (exact) mass is 405 g/mol. The minimum atomic E-state index is -0.610. The van der Waals surface area contributed by atoms with Gasteiger partial charge in [0.2, 0.25) is 5.43 Å². The highest BCUT2D eigenvalue weighted by atomic mass is 35.5. The van der Waals surface area contributed by atoms with Crippen LogP contribution in [-0.4, -0.2) is 28.0 Å². The molecule has 0 bridgehead atoms. The number of hydrogen-bond acceptors (Lipinski definition) is 6. The summed E-state index contributed by atoms with van der Waals surface area (Å²) >= 11 is 6.98. The number of ether oxygens (including phenoxy) is 1. The van der Waals surface area contributed by atoms with Crippen LogP contribution in [0.25, 0.3) is 10.9 Å². The number of nitrogens with zero attached hydrogens (tertiary/aromatic N) is 2. The maximum Gasteiger partial charge on any atom is 0.350 e. The van der Waals surface area contributed by atoms with Crippen molar-refractivity contribution in [3.05, 3.63) is 55.8 Å². The first kappa shape index (κ1) is 19.1. The van der Waals surface area contributed by atoms with Crippen molar-refractivity contribution in [2.75, 3.05) is 11.9 Å². The number of nitrogens with one attached hydrogen (secondary N) is 1. The maximum absolute atomic E-state index is 12.7. The molecule has 0 radical (unpaired) electrons. The summed E-state index contributed by atoms with van der Waals surface area (Å²) in [5.41, 5.74) is 0.641. The third kappa shape index (κ3) is 3.72. The van der Waals surface area contributed by atoms with Crippen molar-refractivity contribution < 1.29 is 14.3 Å². The predicted molar refractivity (Wildman–Crippen MR) is 105 cm³/mol. The molecule has 0 aliphatic rings. The first-order valence-electron chi connectivity index (χ1n) is 8.06. The van der Waals surface area contributed by atoms with Gasteiger partial charge in [-0.2, -0.15) is 0 Å². The van der Waals surface area contributed by atoms with Crippen molar-refractivity contribution in [3.63, 3.8) is 0 Å². The number of amides is 1. The highest BCUT2D eigenvalue weighted by molar-refractivity contribution is 7.17. The number of fused-ring (bicyclic) bond motifs is 1. The summed E-state index contributed by atoms with van der Waals surface area (Å²) in [5, 5.41) is 3.55. The first-order valence-corrected chi connectivity index (χ1v) is 9.26. The van der Waals surface area contributed by atoms with Crippen molar-refractivity contribution in [2.24, 2.45) is 7.05 Å². The SMILES string of the molecule is CCOC(=O)c1sc(NC(=O)c2cn(C)c3ccc(Cl)cc3c2=O)nc1C. The molecule has 0 unspecified atom stereocenters. The van der Waals surface area contributed by atoms with Gasteiger partial charge in [-0.05, 0) is 32.0 Å². The molecule has 1 amide bonds. The Morgan fingerprint density at radius 1 is 1.37 bits per heavy atom. The number of anilines is 1. The van der Waals surface area contributed by atoms with E-state index in [1.165, 1.54) is 12.3 Å². The summed E-state index contributed by atoms with van der Waals surface area (Å²) in [6.07, 6.45) is 1.46. The molecule has 0 saturated carbocycles. The number of thiazole rings is 1. The summed E-state index contributed by atoms with van der Waals surface area (Å²) in [4.78, 5) is 41.7. The topological polar surface area (TPSA) is 90.3 Å². The third-order valence-corrected chi connectivity index (χ3v) is 5.16.